The summed E-state index contributed by atoms with van der Waals surface area (Å²) in [4.78, 5) is 17.0. The number of halogens is 2. The van der Waals surface area contributed by atoms with Crippen LogP contribution in [0.1, 0.15) is 46.0 Å². The van der Waals surface area contributed by atoms with Crippen LogP contribution in [0.25, 0.3) is 43.6 Å². The molecule has 1 N–H and O–H groups in total. The Bertz CT molecular complexity index is 2660. The maximum absolute atomic E-state index is 7.06. The molecule has 3 aromatic heterocycles. The largest absolute Gasteiger partial charge is 0.450 e. The average Bonchev–Trinajstić information content (AvgIpc) is 3.87. The van der Waals surface area contributed by atoms with Crippen molar-refractivity contribution in [2.24, 2.45) is 9.98 Å². The van der Waals surface area contributed by atoms with Gasteiger partial charge in [-0.1, -0.05) is 80.4 Å². The molecule has 5 heterocycles. The second-order valence-corrected chi connectivity index (χ2v) is 13.1. The molecule has 2 aliphatic heterocycles. The number of H-pyrrole nitrogens is 1. The molecular formula is C42H38Cl2N6O2. The molecule has 0 saturated heterocycles. The van der Waals surface area contributed by atoms with Crippen molar-refractivity contribution >= 4 is 78.2 Å². The van der Waals surface area contributed by atoms with Crippen molar-refractivity contribution in [1.29, 1.82) is 0 Å². The smallest absolute Gasteiger partial charge is 0.175 e. The van der Waals surface area contributed by atoms with Crippen molar-refractivity contribution < 1.29 is 9.47 Å². The Labute approximate surface area is 311 Å². The highest BCUT2D eigenvalue weighted by atomic mass is 35.5. The fourth-order valence-corrected chi connectivity index (χ4v) is 7.97. The maximum atomic E-state index is 7.06. The SMILES string of the molecule is CC.CCc1nc[nH]c1C.CCn1c2ccccc2c2c3c(ccc21)N=c1c(Cl)c2c(c(Cl)c1O3)=Nc1ccc3c(c1O2)c1ccccc1n3CC. The highest BCUT2D eigenvalue weighted by molar-refractivity contribution is 6.35. The van der Waals surface area contributed by atoms with Gasteiger partial charge in [0.25, 0.3) is 0 Å². The fraction of sp³-hybridized carbons (Fsp3) is 0.214. The van der Waals surface area contributed by atoms with Crippen LogP contribution in [0.15, 0.2) is 89.1 Å². The Kier molecular flexibility index (Phi) is 8.68. The first-order chi connectivity index (χ1) is 25.4. The summed E-state index contributed by atoms with van der Waals surface area (Å²) in [7, 11) is 0. The summed E-state index contributed by atoms with van der Waals surface area (Å²) >= 11 is 14.1. The van der Waals surface area contributed by atoms with E-state index in [0.717, 1.165) is 63.1 Å². The normalized spacial score (nSPS) is 12.3. The van der Waals surface area contributed by atoms with Crippen molar-refractivity contribution in [2.75, 3.05) is 0 Å². The minimum absolute atomic E-state index is 0.316. The molecule has 0 fully saturated rings. The number of nitrogens with one attached hydrogen (secondary N) is 1. The first-order valence-electron chi connectivity index (χ1n) is 17.8. The van der Waals surface area contributed by atoms with Gasteiger partial charge in [0.2, 0.25) is 0 Å². The van der Waals surface area contributed by atoms with Crippen molar-refractivity contribution in [1.82, 2.24) is 19.1 Å². The van der Waals surface area contributed by atoms with Gasteiger partial charge in [-0.05, 0) is 63.6 Å². The number of imidazole rings is 1. The monoisotopic (exact) mass is 728 g/mol. The van der Waals surface area contributed by atoms with E-state index in [1.807, 2.05) is 45.0 Å². The molecule has 0 spiro atoms. The Hall–Kier alpha value is -5.31. The molecule has 262 valence electrons. The quantitative estimate of drug-likeness (QED) is 0.197. The second kappa shape index (κ2) is 13.3. The first kappa shape index (κ1) is 33.8. The van der Waals surface area contributed by atoms with Crippen molar-refractivity contribution in [3.63, 3.8) is 0 Å². The summed E-state index contributed by atoms with van der Waals surface area (Å²) in [5, 5.41) is 5.70. The molecule has 8 aromatic rings. The van der Waals surface area contributed by atoms with Crippen LogP contribution in [0.5, 0.6) is 23.0 Å². The van der Waals surface area contributed by atoms with Gasteiger partial charge in [-0.15, -0.1) is 0 Å². The lowest BCUT2D eigenvalue weighted by molar-refractivity contribution is 0.457. The minimum atomic E-state index is 0.316. The van der Waals surface area contributed by atoms with E-state index in [9.17, 15) is 0 Å². The van der Waals surface area contributed by atoms with Crippen LogP contribution in [0.4, 0.5) is 11.4 Å². The van der Waals surface area contributed by atoms with Crippen molar-refractivity contribution in [2.45, 2.75) is 61.1 Å². The number of rotatable bonds is 3. The van der Waals surface area contributed by atoms with Crippen molar-refractivity contribution in [3.8, 4) is 23.0 Å². The van der Waals surface area contributed by atoms with Gasteiger partial charge < -0.3 is 23.6 Å². The number of nitrogens with zero attached hydrogens (tertiary/aromatic N) is 5. The first-order valence-corrected chi connectivity index (χ1v) is 18.6. The number of benzene rings is 5. The van der Waals surface area contributed by atoms with Crippen LogP contribution < -0.4 is 20.2 Å². The highest BCUT2D eigenvalue weighted by Crippen LogP contribution is 2.49. The number of para-hydroxylation sites is 2. The van der Waals surface area contributed by atoms with E-state index in [0.29, 0.717) is 55.1 Å². The minimum Gasteiger partial charge on any atom is -0.450 e. The lowest BCUT2D eigenvalue weighted by atomic mass is 10.1. The molecule has 0 amide bonds. The fourth-order valence-electron chi connectivity index (χ4n) is 7.45. The molecule has 8 nitrogen and oxygen atoms in total. The molecule has 0 unspecified atom stereocenters. The van der Waals surface area contributed by atoms with Gasteiger partial charge in [0.15, 0.2) is 23.0 Å². The van der Waals surface area contributed by atoms with Gasteiger partial charge in [-0.2, -0.15) is 0 Å². The zero-order valence-corrected chi connectivity index (χ0v) is 31.4. The van der Waals surface area contributed by atoms with E-state index in [-0.39, 0.29) is 0 Å². The predicted octanol–water partition coefficient (Wildman–Crippen LogP) is 11.7. The summed E-state index contributed by atoms with van der Waals surface area (Å²) in [6, 6.07) is 24.8. The molecular weight excluding hydrogens is 691 g/mol. The zero-order chi connectivity index (χ0) is 36.3. The third-order valence-electron chi connectivity index (χ3n) is 9.76. The summed E-state index contributed by atoms with van der Waals surface area (Å²) in [5.74, 6) is 2.08. The van der Waals surface area contributed by atoms with E-state index in [4.69, 9.17) is 42.7 Å². The van der Waals surface area contributed by atoms with E-state index in [2.05, 4.69) is 88.4 Å². The van der Waals surface area contributed by atoms with E-state index >= 15 is 0 Å². The van der Waals surface area contributed by atoms with E-state index in [1.165, 1.54) is 11.4 Å². The number of fused-ring (bicyclic) bond motifs is 12. The maximum Gasteiger partial charge on any atom is 0.175 e. The topological polar surface area (TPSA) is 81.7 Å². The number of aromatic amines is 1. The molecule has 10 rings (SSSR count). The highest BCUT2D eigenvalue weighted by Gasteiger charge is 2.30. The summed E-state index contributed by atoms with van der Waals surface area (Å²) in [6.45, 7) is 14.1. The molecule has 0 bridgehead atoms. The van der Waals surface area contributed by atoms with Gasteiger partial charge >= 0.3 is 0 Å². The molecule has 0 atom stereocenters. The van der Waals surface area contributed by atoms with Crippen molar-refractivity contribution in [3.05, 3.63) is 111 Å². The van der Waals surface area contributed by atoms with Crippen LogP contribution in [-0.2, 0) is 19.5 Å². The Balaban J connectivity index is 0.000000341. The summed E-state index contributed by atoms with van der Waals surface area (Å²) in [6.07, 6.45) is 2.75. The Morgan fingerprint density at radius 2 is 1.08 bits per heavy atom. The van der Waals surface area contributed by atoms with Gasteiger partial charge in [0.05, 0.1) is 33.8 Å². The molecule has 0 saturated carbocycles. The van der Waals surface area contributed by atoms with Gasteiger partial charge in [0.1, 0.15) is 32.1 Å². The van der Waals surface area contributed by atoms with Crippen LogP contribution in [0.2, 0.25) is 10.0 Å². The molecule has 10 heteroatoms. The van der Waals surface area contributed by atoms with Crippen LogP contribution in [0, 0.1) is 6.92 Å². The molecule has 0 aliphatic carbocycles. The Morgan fingerprint density at radius 3 is 1.46 bits per heavy atom. The number of aryl methyl sites for hydroxylation is 4. The molecule has 0 radical (unpaired) electrons. The Morgan fingerprint density at radius 1 is 0.615 bits per heavy atom. The third-order valence-corrected chi connectivity index (χ3v) is 10.5. The predicted molar refractivity (Wildman–Crippen MR) is 213 cm³/mol. The number of ether oxygens (including phenoxy) is 2. The number of hydrogen-bond donors (Lipinski definition) is 1. The van der Waals surface area contributed by atoms with Crippen LogP contribution >= 0.6 is 23.2 Å². The molecule has 5 aromatic carbocycles. The number of aromatic nitrogens is 4. The van der Waals surface area contributed by atoms with E-state index < -0.39 is 0 Å². The third kappa shape index (κ3) is 4.99. The second-order valence-electron chi connectivity index (χ2n) is 12.4. The van der Waals surface area contributed by atoms with Gasteiger partial charge in [0, 0.05) is 40.6 Å². The average molecular weight is 730 g/mol. The van der Waals surface area contributed by atoms with Gasteiger partial charge in [-0.25, -0.2) is 15.0 Å². The lowest BCUT2D eigenvalue weighted by Gasteiger charge is -2.22. The van der Waals surface area contributed by atoms with Crippen LogP contribution in [-0.4, -0.2) is 19.1 Å². The molecule has 2 aliphatic rings. The summed E-state index contributed by atoms with van der Waals surface area (Å²) < 4.78 is 17.8. The van der Waals surface area contributed by atoms with E-state index in [1.54, 1.807) is 6.33 Å². The standard InChI is InChI=1S/C34H22Cl2N4O2.C6H10N2.C2H6/c1-3-39-21-11-7-5-9-17(21)25-23(39)15-13-19-31(25)41-33-27(35)30-34(28(36)29(33)37-19)42-32-20(38-30)14-16-24-26(32)18-10-6-8-12-22(18)40(24)4-2;1-3-6-5(2)7-4-8-6;1-2/h5-16H,3-4H2,1-2H3;4H,3H2,1-2H3,(H,7,8);1-2H3. The van der Waals surface area contributed by atoms with Crippen LogP contribution in [0.3, 0.4) is 0 Å². The zero-order valence-electron chi connectivity index (χ0n) is 29.9. The molecule has 52 heavy (non-hydrogen) atoms. The lowest BCUT2D eigenvalue weighted by Crippen LogP contribution is -2.22. The number of hydrogen-bond acceptors (Lipinski definition) is 5. The summed E-state index contributed by atoms with van der Waals surface area (Å²) in [5.41, 5.74) is 8.17. The van der Waals surface area contributed by atoms with Gasteiger partial charge in [-0.3, -0.25) is 0 Å².